The zero-order valence-electron chi connectivity index (χ0n) is 9.65. The summed E-state index contributed by atoms with van der Waals surface area (Å²) in [6.07, 6.45) is 4.32. The number of hydrogen-bond acceptors (Lipinski definition) is 3. The summed E-state index contributed by atoms with van der Waals surface area (Å²) in [6.45, 7) is 1.11. The zero-order valence-corrected chi connectivity index (χ0v) is 11.4. The monoisotopic (exact) mass is 299 g/mol. The molecular weight excluding hydrogens is 282 g/mol. The number of hydrogen-bond donors (Lipinski definition) is 3. The maximum absolute atomic E-state index is 9.86. The lowest BCUT2D eigenvalue weighted by Crippen LogP contribution is -2.45. The van der Waals surface area contributed by atoms with Gasteiger partial charge in [0.15, 0.2) is 11.5 Å². The van der Waals surface area contributed by atoms with Gasteiger partial charge >= 0.3 is 0 Å². The molecular formula is C13H18BrNO2. The van der Waals surface area contributed by atoms with Crippen LogP contribution in [0, 0.1) is 5.92 Å². The van der Waals surface area contributed by atoms with E-state index < -0.39 is 0 Å². The van der Waals surface area contributed by atoms with Crippen molar-refractivity contribution >= 4 is 17.0 Å². The van der Waals surface area contributed by atoms with Crippen LogP contribution in [0.1, 0.15) is 24.0 Å². The third-order valence-corrected chi connectivity index (χ3v) is 3.99. The number of piperidine rings is 1. The van der Waals surface area contributed by atoms with Gasteiger partial charge in [-0.3, -0.25) is 0 Å². The minimum absolute atomic E-state index is 0. The van der Waals surface area contributed by atoms with E-state index in [0.29, 0.717) is 12.0 Å². The van der Waals surface area contributed by atoms with Gasteiger partial charge in [-0.05, 0) is 49.8 Å². The number of halogens is 1. The first kappa shape index (κ1) is 12.7. The summed E-state index contributed by atoms with van der Waals surface area (Å²) in [6, 6.07) is 4.10. The molecule has 4 heteroatoms. The Morgan fingerprint density at radius 1 is 1.18 bits per heavy atom. The first-order valence-corrected chi connectivity index (χ1v) is 6.02. The predicted octanol–water partition coefficient (Wildman–Crippen LogP) is 2.14. The van der Waals surface area contributed by atoms with Crippen molar-refractivity contribution < 1.29 is 10.2 Å². The molecule has 1 heterocycles. The van der Waals surface area contributed by atoms with Gasteiger partial charge in [0.2, 0.25) is 0 Å². The molecule has 0 bridgehead atoms. The summed E-state index contributed by atoms with van der Waals surface area (Å²) in [5.41, 5.74) is 2.15. The predicted molar refractivity (Wildman–Crippen MR) is 72.0 cm³/mol. The quantitative estimate of drug-likeness (QED) is 0.644. The van der Waals surface area contributed by atoms with Gasteiger partial charge < -0.3 is 15.5 Å². The molecule has 0 saturated carbocycles. The molecule has 0 unspecified atom stereocenters. The van der Waals surface area contributed by atoms with E-state index in [0.717, 1.165) is 24.9 Å². The highest BCUT2D eigenvalue weighted by molar-refractivity contribution is 8.93. The summed E-state index contributed by atoms with van der Waals surface area (Å²) in [4.78, 5) is 0. The van der Waals surface area contributed by atoms with Gasteiger partial charge in [-0.1, -0.05) is 6.07 Å². The molecule has 0 radical (unpaired) electrons. The molecule has 1 saturated heterocycles. The molecule has 0 spiro atoms. The van der Waals surface area contributed by atoms with Crippen molar-refractivity contribution in [2.45, 2.75) is 31.7 Å². The lowest BCUT2D eigenvalue weighted by molar-refractivity contribution is 0.259. The second kappa shape index (κ2) is 4.86. The number of benzene rings is 1. The van der Waals surface area contributed by atoms with E-state index in [2.05, 4.69) is 5.32 Å². The molecule has 3 nitrogen and oxygen atoms in total. The Labute approximate surface area is 112 Å². The molecule has 17 heavy (non-hydrogen) atoms. The fraction of sp³-hybridized carbons (Fsp3) is 0.538. The van der Waals surface area contributed by atoms with Crippen LogP contribution in [-0.4, -0.2) is 22.8 Å². The summed E-state index contributed by atoms with van der Waals surface area (Å²) in [7, 11) is 0. The highest BCUT2D eigenvalue weighted by Gasteiger charge is 2.32. The van der Waals surface area contributed by atoms with Crippen LogP contribution in [0.25, 0.3) is 0 Å². The summed E-state index contributed by atoms with van der Waals surface area (Å²) in [5.74, 6) is 0.733. The average molecular weight is 300 g/mol. The van der Waals surface area contributed by atoms with Gasteiger partial charge in [-0.2, -0.15) is 0 Å². The molecule has 1 aliphatic carbocycles. The fourth-order valence-electron chi connectivity index (χ4n) is 3.09. The molecule has 2 atom stereocenters. The second-order valence-corrected chi connectivity index (χ2v) is 4.94. The maximum atomic E-state index is 9.86. The topological polar surface area (TPSA) is 52.5 Å². The number of fused-ring (bicyclic) bond motifs is 2. The van der Waals surface area contributed by atoms with Crippen molar-refractivity contribution in [1.82, 2.24) is 5.32 Å². The van der Waals surface area contributed by atoms with Crippen molar-refractivity contribution in [2.24, 2.45) is 5.92 Å². The van der Waals surface area contributed by atoms with Gasteiger partial charge in [0.05, 0.1) is 0 Å². The Morgan fingerprint density at radius 3 is 2.82 bits per heavy atom. The number of phenolic OH excluding ortho intramolecular Hbond substituents is 2. The molecule has 0 aromatic heterocycles. The Kier molecular flexibility index (Phi) is 3.64. The molecule has 3 rings (SSSR count). The normalized spacial score (nSPS) is 26.6. The van der Waals surface area contributed by atoms with Gasteiger partial charge in [0, 0.05) is 11.6 Å². The highest BCUT2D eigenvalue weighted by Crippen LogP contribution is 2.39. The zero-order chi connectivity index (χ0) is 11.1. The molecule has 1 aromatic carbocycles. The van der Waals surface area contributed by atoms with Crippen LogP contribution in [-0.2, 0) is 12.8 Å². The number of nitrogens with one attached hydrogen (secondary N) is 1. The van der Waals surface area contributed by atoms with E-state index in [1.54, 1.807) is 6.07 Å². The minimum atomic E-state index is 0. The SMILES string of the molecule is Br.Oc1ccc2c(c1O)C[C@@H]1CCCN[C@H]1C2. The second-order valence-electron chi connectivity index (χ2n) is 4.94. The highest BCUT2D eigenvalue weighted by atomic mass is 79.9. The molecule has 1 aromatic rings. The van der Waals surface area contributed by atoms with E-state index in [-0.39, 0.29) is 28.5 Å². The van der Waals surface area contributed by atoms with Crippen molar-refractivity contribution in [1.29, 1.82) is 0 Å². The van der Waals surface area contributed by atoms with Crippen LogP contribution in [0.5, 0.6) is 11.5 Å². The van der Waals surface area contributed by atoms with Crippen molar-refractivity contribution in [3.63, 3.8) is 0 Å². The molecule has 0 amide bonds. The number of rotatable bonds is 0. The Hall–Kier alpha value is -0.740. The summed E-state index contributed by atoms with van der Waals surface area (Å²) >= 11 is 0. The lowest BCUT2D eigenvalue weighted by Gasteiger charge is -2.37. The van der Waals surface area contributed by atoms with Gasteiger partial charge in [0.1, 0.15) is 0 Å². The minimum Gasteiger partial charge on any atom is -0.504 e. The maximum Gasteiger partial charge on any atom is 0.160 e. The Balaban J connectivity index is 0.00000108. The molecule has 1 fully saturated rings. The third-order valence-electron chi connectivity index (χ3n) is 3.99. The molecule has 1 aliphatic heterocycles. The third kappa shape index (κ3) is 2.16. The van der Waals surface area contributed by atoms with Crippen molar-refractivity contribution in [3.05, 3.63) is 23.3 Å². The van der Waals surface area contributed by atoms with Gasteiger partial charge in [-0.15, -0.1) is 17.0 Å². The fourth-order valence-corrected chi connectivity index (χ4v) is 3.09. The van der Waals surface area contributed by atoms with Gasteiger partial charge in [0.25, 0.3) is 0 Å². The van der Waals surface area contributed by atoms with Crippen molar-refractivity contribution in [2.75, 3.05) is 6.54 Å². The first-order valence-electron chi connectivity index (χ1n) is 6.02. The van der Waals surface area contributed by atoms with E-state index in [1.807, 2.05) is 6.07 Å². The van der Waals surface area contributed by atoms with Crippen LogP contribution in [0.4, 0.5) is 0 Å². The lowest BCUT2D eigenvalue weighted by atomic mass is 9.76. The van der Waals surface area contributed by atoms with Crippen LogP contribution < -0.4 is 5.32 Å². The first-order chi connectivity index (χ1) is 7.75. The van der Waals surface area contributed by atoms with Crippen LogP contribution in [0.2, 0.25) is 0 Å². The largest absolute Gasteiger partial charge is 0.504 e. The van der Waals surface area contributed by atoms with E-state index in [4.69, 9.17) is 0 Å². The molecule has 94 valence electrons. The van der Waals surface area contributed by atoms with Crippen molar-refractivity contribution in [3.8, 4) is 11.5 Å². The van der Waals surface area contributed by atoms with E-state index in [1.165, 1.54) is 18.4 Å². The Bertz CT molecular complexity index is 422. The Morgan fingerprint density at radius 2 is 2.00 bits per heavy atom. The summed E-state index contributed by atoms with van der Waals surface area (Å²) < 4.78 is 0. The van der Waals surface area contributed by atoms with Gasteiger partial charge in [-0.25, -0.2) is 0 Å². The number of phenols is 2. The molecule has 2 aliphatic rings. The molecule has 3 N–H and O–H groups in total. The summed E-state index contributed by atoms with van der Waals surface area (Å²) in [5, 5.41) is 22.9. The number of aromatic hydroxyl groups is 2. The van der Waals surface area contributed by atoms with E-state index in [9.17, 15) is 10.2 Å². The van der Waals surface area contributed by atoms with Crippen LogP contribution in [0.3, 0.4) is 0 Å². The van der Waals surface area contributed by atoms with E-state index >= 15 is 0 Å². The average Bonchev–Trinajstić information content (AvgIpc) is 2.32. The standard InChI is InChI=1S/C13H17NO2.BrH/c15-12-4-3-8-7-11-9(2-1-5-14-11)6-10(8)13(12)16;/h3-4,9,11,14-16H,1-2,5-7H2;1H/t9-,11-;/m0./s1. The van der Waals surface area contributed by atoms with Crippen LogP contribution in [0.15, 0.2) is 12.1 Å². The van der Waals surface area contributed by atoms with Crippen LogP contribution >= 0.6 is 17.0 Å². The smallest absolute Gasteiger partial charge is 0.160 e.